The first-order chi connectivity index (χ1) is 12.3. The molecule has 1 saturated heterocycles. The highest BCUT2D eigenvalue weighted by Crippen LogP contribution is 2.26. The monoisotopic (exact) mass is 400 g/mol. The topological polar surface area (TPSA) is 83.5 Å². The average molecular weight is 401 g/mol. The Hall–Kier alpha value is -0.960. The van der Waals surface area contributed by atoms with Gasteiger partial charge >= 0.3 is 0 Å². The first-order valence-electron chi connectivity index (χ1n) is 9.43. The molecule has 146 valence electrons. The van der Waals surface area contributed by atoms with Gasteiger partial charge in [-0.1, -0.05) is 26.2 Å². The van der Waals surface area contributed by atoms with Crippen LogP contribution in [-0.4, -0.2) is 40.3 Å². The minimum absolute atomic E-state index is 0.0505. The predicted octanol–water partition coefficient (Wildman–Crippen LogP) is 2.72. The second-order valence-corrected chi connectivity index (χ2v) is 11.1. The Morgan fingerprint density at radius 3 is 2.04 bits per heavy atom. The van der Waals surface area contributed by atoms with E-state index >= 15 is 0 Å². The Morgan fingerprint density at radius 1 is 0.846 bits per heavy atom. The van der Waals surface area contributed by atoms with E-state index in [1.165, 1.54) is 28.6 Å². The van der Waals surface area contributed by atoms with E-state index in [-0.39, 0.29) is 15.8 Å². The molecule has 0 amide bonds. The van der Waals surface area contributed by atoms with E-state index in [1.807, 2.05) is 0 Å². The molecule has 1 heterocycles. The van der Waals surface area contributed by atoms with Gasteiger partial charge in [0.2, 0.25) is 20.0 Å². The molecule has 2 atom stereocenters. The Labute approximate surface area is 157 Å². The van der Waals surface area contributed by atoms with Gasteiger partial charge in [0.1, 0.15) is 0 Å². The summed E-state index contributed by atoms with van der Waals surface area (Å²) in [7, 11) is -7.18. The maximum atomic E-state index is 12.7. The van der Waals surface area contributed by atoms with Gasteiger partial charge in [0.15, 0.2) is 0 Å². The van der Waals surface area contributed by atoms with Gasteiger partial charge in [0, 0.05) is 19.1 Å². The molecule has 6 nitrogen and oxygen atoms in total. The number of benzene rings is 1. The number of hydrogen-bond donors (Lipinski definition) is 1. The van der Waals surface area contributed by atoms with Crippen molar-refractivity contribution >= 4 is 20.0 Å². The van der Waals surface area contributed by atoms with Crippen molar-refractivity contribution < 1.29 is 16.8 Å². The van der Waals surface area contributed by atoms with E-state index in [2.05, 4.69) is 11.6 Å². The zero-order valence-corrected chi connectivity index (χ0v) is 16.9. The molecule has 1 aromatic carbocycles. The summed E-state index contributed by atoms with van der Waals surface area (Å²) < 4.78 is 54.9. The second-order valence-electron chi connectivity index (χ2n) is 7.43. The molecule has 3 rings (SSSR count). The van der Waals surface area contributed by atoms with Gasteiger partial charge in [0.05, 0.1) is 9.79 Å². The van der Waals surface area contributed by atoms with Crippen molar-refractivity contribution in [3.05, 3.63) is 24.3 Å². The molecule has 1 saturated carbocycles. The highest BCUT2D eigenvalue weighted by Gasteiger charge is 2.28. The number of sulfonamides is 2. The molecule has 0 radical (unpaired) electrons. The smallest absolute Gasteiger partial charge is 0.208 e. The summed E-state index contributed by atoms with van der Waals surface area (Å²) in [6, 6.07) is 5.55. The number of hydrogen-bond acceptors (Lipinski definition) is 4. The third kappa shape index (κ3) is 4.30. The minimum atomic E-state index is -3.64. The molecule has 1 aromatic rings. The summed E-state index contributed by atoms with van der Waals surface area (Å²) in [5.74, 6) is 0.317. The molecular formula is C18H28N2O4S2. The Bertz CT molecular complexity index is 813. The standard InChI is InChI=1S/C18H28N2O4S2/c1-15-7-3-4-8-18(15)19-25(21,22)16-9-11-17(12-10-16)26(23,24)20-13-5-2-6-14-20/h9-12,15,18-19H,2-8,13-14H2,1H3/t15-,18-/m0/s1. The van der Waals surface area contributed by atoms with Crippen LogP contribution in [0.1, 0.15) is 51.9 Å². The lowest BCUT2D eigenvalue weighted by Gasteiger charge is -2.29. The van der Waals surface area contributed by atoms with Crippen LogP contribution in [0.25, 0.3) is 0 Å². The fraction of sp³-hybridized carbons (Fsp3) is 0.667. The Balaban J connectivity index is 1.76. The summed E-state index contributed by atoms with van der Waals surface area (Å²) in [6.07, 6.45) is 6.84. The van der Waals surface area contributed by atoms with Gasteiger partial charge in [-0.3, -0.25) is 0 Å². The van der Waals surface area contributed by atoms with Crippen LogP contribution in [0.3, 0.4) is 0 Å². The quantitative estimate of drug-likeness (QED) is 0.824. The fourth-order valence-corrected chi connectivity index (χ4v) is 6.70. The molecule has 1 N–H and O–H groups in total. The summed E-state index contributed by atoms with van der Waals surface area (Å²) in [4.78, 5) is 0.275. The zero-order valence-electron chi connectivity index (χ0n) is 15.2. The summed E-state index contributed by atoms with van der Waals surface area (Å²) >= 11 is 0. The number of rotatable bonds is 5. The lowest BCUT2D eigenvalue weighted by Crippen LogP contribution is -2.41. The normalized spacial score (nSPS) is 25.9. The van der Waals surface area contributed by atoms with Crippen LogP contribution in [0, 0.1) is 5.92 Å². The van der Waals surface area contributed by atoms with Crippen molar-refractivity contribution in [3.8, 4) is 0 Å². The third-order valence-electron chi connectivity index (χ3n) is 5.50. The predicted molar refractivity (Wildman–Crippen MR) is 101 cm³/mol. The fourth-order valence-electron chi connectivity index (χ4n) is 3.80. The molecule has 2 aliphatic rings. The Kier molecular flexibility index (Phi) is 6.06. The summed E-state index contributed by atoms with van der Waals surface area (Å²) in [5, 5.41) is 0. The van der Waals surface area contributed by atoms with Crippen molar-refractivity contribution in [2.24, 2.45) is 5.92 Å². The molecule has 0 aromatic heterocycles. The van der Waals surface area contributed by atoms with Gasteiger partial charge in [-0.25, -0.2) is 21.6 Å². The molecule has 1 aliphatic carbocycles. The first-order valence-corrected chi connectivity index (χ1v) is 12.4. The number of piperidine rings is 1. The van der Waals surface area contributed by atoms with Crippen molar-refractivity contribution in [2.45, 2.75) is 67.7 Å². The molecule has 0 bridgehead atoms. The van der Waals surface area contributed by atoms with E-state index in [9.17, 15) is 16.8 Å². The maximum Gasteiger partial charge on any atom is 0.243 e. The van der Waals surface area contributed by atoms with Crippen LogP contribution in [0.15, 0.2) is 34.1 Å². The van der Waals surface area contributed by atoms with Gasteiger partial charge in [-0.2, -0.15) is 4.31 Å². The third-order valence-corrected chi connectivity index (χ3v) is 8.92. The summed E-state index contributed by atoms with van der Waals surface area (Å²) in [5.41, 5.74) is 0. The van der Waals surface area contributed by atoms with Crippen molar-refractivity contribution in [2.75, 3.05) is 13.1 Å². The van der Waals surface area contributed by atoms with Gasteiger partial charge < -0.3 is 0 Å². The molecule has 0 unspecified atom stereocenters. The minimum Gasteiger partial charge on any atom is -0.208 e. The lowest BCUT2D eigenvalue weighted by molar-refractivity contribution is 0.310. The SMILES string of the molecule is C[C@H]1CCCC[C@@H]1NS(=O)(=O)c1ccc(S(=O)(=O)N2CCCCC2)cc1. The van der Waals surface area contributed by atoms with Crippen LogP contribution in [-0.2, 0) is 20.0 Å². The molecule has 1 aliphatic heterocycles. The van der Waals surface area contributed by atoms with E-state index in [0.717, 1.165) is 44.9 Å². The molecule has 8 heteroatoms. The van der Waals surface area contributed by atoms with Crippen LogP contribution < -0.4 is 4.72 Å². The highest BCUT2D eigenvalue weighted by atomic mass is 32.2. The van der Waals surface area contributed by atoms with Crippen LogP contribution >= 0.6 is 0 Å². The van der Waals surface area contributed by atoms with Gasteiger partial charge in [0.25, 0.3) is 0 Å². The molecule has 26 heavy (non-hydrogen) atoms. The second kappa shape index (κ2) is 7.96. The highest BCUT2D eigenvalue weighted by molar-refractivity contribution is 7.89. The Morgan fingerprint density at radius 2 is 1.42 bits per heavy atom. The van der Waals surface area contributed by atoms with E-state index in [4.69, 9.17) is 0 Å². The average Bonchev–Trinajstić information content (AvgIpc) is 2.64. The zero-order chi connectivity index (χ0) is 18.8. The first kappa shape index (κ1) is 19.8. The van der Waals surface area contributed by atoms with Crippen molar-refractivity contribution in [1.29, 1.82) is 0 Å². The van der Waals surface area contributed by atoms with Gasteiger partial charge in [-0.15, -0.1) is 0 Å². The number of nitrogens with zero attached hydrogens (tertiary/aromatic N) is 1. The van der Waals surface area contributed by atoms with Crippen LogP contribution in [0.2, 0.25) is 0 Å². The van der Waals surface area contributed by atoms with Gasteiger partial charge in [-0.05, 0) is 55.9 Å². The summed E-state index contributed by atoms with van der Waals surface area (Å²) in [6.45, 7) is 3.13. The number of nitrogens with one attached hydrogen (secondary N) is 1. The molecule has 2 fully saturated rings. The van der Waals surface area contributed by atoms with Crippen LogP contribution in [0.4, 0.5) is 0 Å². The maximum absolute atomic E-state index is 12.7. The molecule has 0 spiro atoms. The van der Waals surface area contributed by atoms with Crippen molar-refractivity contribution in [1.82, 2.24) is 9.03 Å². The van der Waals surface area contributed by atoms with E-state index < -0.39 is 20.0 Å². The molecular weight excluding hydrogens is 372 g/mol. The largest absolute Gasteiger partial charge is 0.243 e. The van der Waals surface area contributed by atoms with Crippen molar-refractivity contribution in [3.63, 3.8) is 0 Å². The van der Waals surface area contributed by atoms with Crippen LogP contribution in [0.5, 0.6) is 0 Å². The van der Waals surface area contributed by atoms with E-state index in [1.54, 1.807) is 0 Å². The lowest BCUT2D eigenvalue weighted by atomic mass is 9.87. The van der Waals surface area contributed by atoms with E-state index in [0.29, 0.717) is 19.0 Å².